The van der Waals surface area contributed by atoms with Gasteiger partial charge in [-0.3, -0.25) is 0 Å². The summed E-state index contributed by atoms with van der Waals surface area (Å²) in [6.45, 7) is 3.49. The summed E-state index contributed by atoms with van der Waals surface area (Å²) in [5.41, 5.74) is 1.32. The molecule has 0 amide bonds. The van der Waals surface area contributed by atoms with Gasteiger partial charge in [0.05, 0.1) is 0 Å². The molecular formula is C10H14O2. The number of benzene rings is 1. The molecule has 1 N–H and O–H groups in total. The highest BCUT2D eigenvalue weighted by Crippen LogP contribution is 1.92. The van der Waals surface area contributed by atoms with E-state index in [4.69, 9.17) is 5.11 Å². The van der Waals surface area contributed by atoms with E-state index >= 15 is 0 Å². The van der Waals surface area contributed by atoms with Gasteiger partial charge in [0.2, 0.25) is 0 Å². The Hall–Kier alpha value is -1.15. The van der Waals surface area contributed by atoms with Crippen LogP contribution in [0.25, 0.3) is 0 Å². The molecule has 2 nitrogen and oxygen atoms in total. The maximum absolute atomic E-state index is 9.25. The molecule has 0 fully saturated rings. The first-order chi connectivity index (χ1) is 5.66. The quantitative estimate of drug-likeness (QED) is 0.643. The summed E-state index contributed by atoms with van der Waals surface area (Å²) in [5.74, 6) is 0. The van der Waals surface area contributed by atoms with E-state index in [1.165, 1.54) is 12.5 Å². The Morgan fingerprint density at radius 2 is 1.75 bits per heavy atom. The first-order valence-corrected chi connectivity index (χ1v) is 3.82. The van der Waals surface area contributed by atoms with E-state index in [0.717, 1.165) is 0 Å². The zero-order valence-electron chi connectivity index (χ0n) is 7.40. The lowest BCUT2D eigenvalue weighted by molar-refractivity contribution is -0.114. The van der Waals surface area contributed by atoms with Crippen molar-refractivity contribution in [3.05, 3.63) is 35.9 Å². The van der Waals surface area contributed by atoms with Gasteiger partial charge in [0, 0.05) is 0 Å². The molecule has 0 aliphatic carbocycles. The molecule has 0 aliphatic heterocycles. The monoisotopic (exact) mass is 166 g/mol. The van der Waals surface area contributed by atoms with E-state index in [1.807, 2.05) is 18.2 Å². The molecule has 0 saturated carbocycles. The zero-order chi connectivity index (χ0) is 9.40. The predicted molar refractivity (Wildman–Crippen MR) is 48.9 cm³/mol. The zero-order valence-corrected chi connectivity index (χ0v) is 7.40. The molecule has 0 saturated heterocycles. The number of aliphatic hydroxyl groups is 1. The van der Waals surface area contributed by atoms with Crippen molar-refractivity contribution >= 4 is 6.29 Å². The van der Waals surface area contributed by atoms with Crippen LogP contribution in [0.3, 0.4) is 0 Å². The molecule has 0 heterocycles. The maximum atomic E-state index is 9.25. The Balaban J connectivity index is 0.000000217. The number of hydrogen-bond acceptors (Lipinski definition) is 2. The number of rotatable bonds is 1. The van der Waals surface area contributed by atoms with Crippen LogP contribution in [0.5, 0.6) is 0 Å². The summed E-state index contributed by atoms with van der Waals surface area (Å²) in [5, 5.41) is 7.99. The smallest absolute Gasteiger partial charge is 0.148 e. The van der Waals surface area contributed by atoms with Crippen LogP contribution in [-0.2, 0) is 4.79 Å². The summed E-state index contributed by atoms with van der Waals surface area (Å²) in [6, 6.07) is 10.3. The van der Waals surface area contributed by atoms with Crippen LogP contribution < -0.4 is 0 Å². The fourth-order valence-corrected chi connectivity index (χ4v) is 0.534. The summed E-state index contributed by atoms with van der Waals surface area (Å²) in [7, 11) is 0. The van der Waals surface area contributed by atoms with E-state index in [0.29, 0.717) is 6.29 Å². The topological polar surface area (TPSA) is 37.3 Å². The van der Waals surface area contributed by atoms with E-state index in [-0.39, 0.29) is 0 Å². The highest BCUT2D eigenvalue weighted by Gasteiger charge is 1.81. The van der Waals surface area contributed by atoms with Crippen molar-refractivity contribution in [2.45, 2.75) is 20.0 Å². The molecule has 1 unspecified atom stereocenters. The van der Waals surface area contributed by atoms with E-state index in [9.17, 15) is 4.79 Å². The molecule has 2 heteroatoms. The second-order valence-corrected chi connectivity index (χ2v) is 2.53. The summed E-state index contributed by atoms with van der Waals surface area (Å²) >= 11 is 0. The third-order valence-corrected chi connectivity index (χ3v) is 1.14. The summed E-state index contributed by atoms with van der Waals surface area (Å²) in [6.07, 6.45) is -0.324. The van der Waals surface area contributed by atoms with Crippen molar-refractivity contribution in [3.63, 3.8) is 0 Å². The highest BCUT2D eigenvalue weighted by molar-refractivity contribution is 5.54. The minimum atomic E-state index is -0.796. The number of carbonyl (C=O) groups is 1. The molecule has 1 rings (SSSR count). The molecule has 0 aromatic heterocycles. The van der Waals surface area contributed by atoms with Gasteiger partial charge in [0.25, 0.3) is 0 Å². The van der Waals surface area contributed by atoms with Gasteiger partial charge in [-0.1, -0.05) is 35.9 Å². The average Bonchev–Trinajstić information content (AvgIpc) is 2.07. The molecule has 66 valence electrons. The molecule has 0 radical (unpaired) electrons. The van der Waals surface area contributed by atoms with E-state index < -0.39 is 6.10 Å². The van der Waals surface area contributed by atoms with Crippen LogP contribution >= 0.6 is 0 Å². The van der Waals surface area contributed by atoms with E-state index in [2.05, 4.69) is 19.1 Å². The van der Waals surface area contributed by atoms with Crippen molar-refractivity contribution < 1.29 is 9.90 Å². The minimum Gasteiger partial charge on any atom is -0.386 e. The lowest BCUT2D eigenvalue weighted by Gasteiger charge is -1.82. The number of aliphatic hydroxyl groups excluding tert-OH is 1. The Morgan fingerprint density at radius 3 is 1.92 bits per heavy atom. The van der Waals surface area contributed by atoms with E-state index in [1.54, 1.807) is 0 Å². The van der Waals surface area contributed by atoms with Crippen LogP contribution in [-0.4, -0.2) is 17.5 Å². The largest absolute Gasteiger partial charge is 0.386 e. The fraction of sp³-hybridized carbons (Fsp3) is 0.300. The molecule has 1 aromatic carbocycles. The summed E-state index contributed by atoms with van der Waals surface area (Å²) in [4.78, 5) is 9.25. The SMILES string of the molecule is CC(O)C=O.Cc1ccccc1. The second-order valence-electron chi connectivity index (χ2n) is 2.53. The molecule has 0 spiro atoms. The lowest BCUT2D eigenvalue weighted by atomic mass is 10.2. The molecular weight excluding hydrogens is 152 g/mol. The van der Waals surface area contributed by atoms with Gasteiger partial charge in [-0.2, -0.15) is 0 Å². The highest BCUT2D eigenvalue weighted by atomic mass is 16.3. The van der Waals surface area contributed by atoms with Crippen LogP contribution in [0.1, 0.15) is 12.5 Å². The maximum Gasteiger partial charge on any atom is 0.148 e. The minimum absolute atomic E-state index is 0.472. The van der Waals surface area contributed by atoms with Crippen molar-refractivity contribution in [1.82, 2.24) is 0 Å². The van der Waals surface area contributed by atoms with Crippen molar-refractivity contribution in [2.75, 3.05) is 0 Å². The molecule has 0 bridgehead atoms. The Bertz CT molecular complexity index is 204. The van der Waals surface area contributed by atoms with Gasteiger partial charge in [0.15, 0.2) is 0 Å². The number of carbonyl (C=O) groups excluding carboxylic acids is 1. The fourth-order valence-electron chi connectivity index (χ4n) is 0.534. The average molecular weight is 166 g/mol. The Morgan fingerprint density at radius 1 is 1.33 bits per heavy atom. The predicted octanol–water partition coefficient (Wildman–Crippen LogP) is 1.56. The number of hydrogen-bond donors (Lipinski definition) is 1. The van der Waals surface area contributed by atoms with Crippen LogP contribution in [0.15, 0.2) is 30.3 Å². The summed E-state index contributed by atoms with van der Waals surface area (Å²) < 4.78 is 0. The normalized spacial score (nSPS) is 10.9. The molecule has 1 atom stereocenters. The third-order valence-electron chi connectivity index (χ3n) is 1.14. The second kappa shape index (κ2) is 6.55. The lowest BCUT2D eigenvalue weighted by Crippen LogP contribution is -1.97. The van der Waals surface area contributed by atoms with Crippen LogP contribution in [0.2, 0.25) is 0 Å². The van der Waals surface area contributed by atoms with Gasteiger partial charge < -0.3 is 9.90 Å². The first kappa shape index (κ1) is 10.8. The van der Waals surface area contributed by atoms with Gasteiger partial charge in [-0.15, -0.1) is 0 Å². The number of aryl methyl sites for hydroxylation is 1. The van der Waals surface area contributed by atoms with Crippen LogP contribution in [0.4, 0.5) is 0 Å². The van der Waals surface area contributed by atoms with Gasteiger partial charge in [-0.05, 0) is 13.8 Å². The van der Waals surface area contributed by atoms with Crippen molar-refractivity contribution in [3.8, 4) is 0 Å². The first-order valence-electron chi connectivity index (χ1n) is 3.82. The Kier molecular flexibility index (Phi) is 5.93. The molecule has 12 heavy (non-hydrogen) atoms. The van der Waals surface area contributed by atoms with Gasteiger partial charge in [0.1, 0.15) is 12.4 Å². The Labute approximate surface area is 72.9 Å². The standard InChI is InChI=1S/C7H8.C3H6O2/c1-7-5-3-2-4-6-7;1-3(5)2-4/h2-6H,1H3;2-3,5H,1H3. The van der Waals surface area contributed by atoms with Crippen molar-refractivity contribution in [1.29, 1.82) is 0 Å². The number of aldehydes is 1. The van der Waals surface area contributed by atoms with Crippen molar-refractivity contribution in [2.24, 2.45) is 0 Å². The third kappa shape index (κ3) is 6.96. The van der Waals surface area contributed by atoms with Gasteiger partial charge >= 0.3 is 0 Å². The molecule has 1 aromatic rings. The van der Waals surface area contributed by atoms with Gasteiger partial charge in [-0.25, -0.2) is 0 Å². The van der Waals surface area contributed by atoms with Crippen LogP contribution in [0, 0.1) is 6.92 Å². The molecule has 0 aliphatic rings.